The van der Waals surface area contributed by atoms with Crippen LogP contribution in [0.2, 0.25) is 0 Å². The van der Waals surface area contributed by atoms with E-state index in [9.17, 15) is 0 Å². The van der Waals surface area contributed by atoms with Gasteiger partial charge >= 0.3 is 0 Å². The Bertz CT molecular complexity index is 188. The molecule has 0 spiro atoms. The number of rotatable bonds is 3. The molecule has 0 heterocycles. The van der Waals surface area contributed by atoms with Gasteiger partial charge in [0.1, 0.15) is 5.76 Å². The average Bonchev–Trinajstić information content (AvgIpc) is 2.69. The summed E-state index contributed by atoms with van der Waals surface area (Å²) in [5.74, 6) is 0.674. The molecule has 0 aromatic carbocycles. The van der Waals surface area contributed by atoms with Crippen LogP contribution in [0.25, 0.3) is 0 Å². The van der Waals surface area contributed by atoms with Gasteiger partial charge in [-0.1, -0.05) is 0 Å². The Morgan fingerprint density at radius 3 is 2.55 bits per heavy atom. The van der Waals surface area contributed by atoms with Gasteiger partial charge in [0.25, 0.3) is 0 Å². The van der Waals surface area contributed by atoms with Gasteiger partial charge in [-0.15, -0.1) is 0 Å². The molecule has 1 aliphatic carbocycles. The van der Waals surface area contributed by atoms with Gasteiger partial charge in [0.2, 0.25) is 0 Å². The number of nitrogens with two attached hydrogens (primary N) is 2. The van der Waals surface area contributed by atoms with Crippen LogP contribution in [0.1, 0.15) is 19.8 Å². The first-order valence-corrected chi connectivity index (χ1v) is 3.74. The molecule has 1 rings (SSSR count). The lowest BCUT2D eigenvalue weighted by atomic mass is 10.4. The molecular formula is C8H14N2O. The maximum atomic E-state index is 5.45. The van der Waals surface area contributed by atoms with Crippen LogP contribution < -0.4 is 11.5 Å². The van der Waals surface area contributed by atoms with Crippen LogP contribution in [0.4, 0.5) is 0 Å². The SMILES string of the molecule is C/C(N)=C/C(=C\N)OC1CC1. The van der Waals surface area contributed by atoms with Gasteiger partial charge in [-0.25, -0.2) is 0 Å². The smallest absolute Gasteiger partial charge is 0.136 e. The van der Waals surface area contributed by atoms with E-state index in [1.54, 1.807) is 13.0 Å². The molecule has 0 aromatic heterocycles. The summed E-state index contributed by atoms with van der Waals surface area (Å²) in [4.78, 5) is 0. The zero-order valence-corrected chi connectivity index (χ0v) is 6.71. The topological polar surface area (TPSA) is 61.3 Å². The summed E-state index contributed by atoms with van der Waals surface area (Å²) in [6.07, 6.45) is 5.82. The Hall–Kier alpha value is -1.12. The highest BCUT2D eigenvalue weighted by atomic mass is 16.5. The highest BCUT2D eigenvalue weighted by Crippen LogP contribution is 2.26. The normalized spacial score (nSPS) is 20.1. The summed E-state index contributed by atoms with van der Waals surface area (Å²) in [7, 11) is 0. The van der Waals surface area contributed by atoms with Gasteiger partial charge < -0.3 is 16.2 Å². The van der Waals surface area contributed by atoms with Crippen LogP contribution in [0, 0.1) is 0 Å². The van der Waals surface area contributed by atoms with Crippen molar-refractivity contribution in [1.29, 1.82) is 0 Å². The summed E-state index contributed by atoms with van der Waals surface area (Å²) in [6, 6.07) is 0. The molecule has 1 fully saturated rings. The Morgan fingerprint density at radius 2 is 2.18 bits per heavy atom. The third-order valence-electron chi connectivity index (χ3n) is 1.36. The number of ether oxygens (including phenoxy) is 1. The van der Waals surface area contributed by atoms with E-state index < -0.39 is 0 Å². The molecule has 1 saturated carbocycles. The van der Waals surface area contributed by atoms with Gasteiger partial charge in [-0.2, -0.15) is 0 Å². The molecule has 0 saturated heterocycles. The maximum Gasteiger partial charge on any atom is 0.136 e. The number of hydrogen-bond acceptors (Lipinski definition) is 3. The number of hydrogen-bond donors (Lipinski definition) is 2. The Morgan fingerprint density at radius 1 is 1.55 bits per heavy atom. The van der Waals surface area contributed by atoms with E-state index in [4.69, 9.17) is 16.2 Å². The average molecular weight is 154 g/mol. The Kier molecular flexibility index (Phi) is 2.41. The van der Waals surface area contributed by atoms with E-state index >= 15 is 0 Å². The van der Waals surface area contributed by atoms with Crippen molar-refractivity contribution in [1.82, 2.24) is 0 Å². The van der Waals surface area contributed by atoms with E-state index in [2.05, 4.69) is 0 Å². The van der Waals surface area contributed by atoms with E-state index in [1.807, 2.05) is 0 Å². The van der Waals surface area contributed by atoms with Crippen LogP contribution in [-0.2, 0) is 4.74 Å². The summed E-state index contributed by atoms with van der Waals surface area (Å²) in [6.45, 7) is 1.81. The van der Waals surface area contributed by atoms with Crippen molar-refractivity contribution < 1.29 is 4.74 Å². The fourth-order valence-electron chi connectivity index (χ4n) is 0.724. The van der Waals surface area contributed by atoms with Gasteiger partial charge in [0, 0.05) is 18.0 Å². The van der Waals surface area contributed by atoms with Crippen LogP contribution in [0.5, 0.6) is 0 Å². The molecule has 3 heteroatoms. The first-order valence-electron chi connectivity index (χ1n) is 3.74. The minimum absolute atomic E-state index is 0.375. The van der Waals surface area contributed by atoms with Crippen LogP contribution in [0.3, 0.4) is 0 Å². The fourth-order valence-corrected chi connectivity index (χ4v) is 0.724. The van der Waals surface area contributed by atoms with Gasteiger partial charge in [0.05, 0.1) is 6.10 Å². The second-order valence-corrected chi connectivity index (χ2v) is 2.77. The molecule has 0 amide bonds. The van der Waals surface area contributed by atoms with Crippen molar-refractivity contribution in [2.75, 3.05) is 0 Å². The summed E-state index contributed by atoms with van der Waals surface area (Å²) < 4.78 is 5.40. The summed E-state index contributed by atoms with van der Waals surface area (Å²) in [5.41, 5.74) is 11.5. The molecular weight excluding hydrogens is 140 g/mol. The second kappa shape index (κ2) is 3.32. The van der Waals surface area contributed by atoms with Crippen LogP contribution >= 0.6 is 0 Å². The lowest BCUT2D eigenvalue weighted by Gasteiger charge is -2.03. The molecule has 0 bridgehead atoms. The van der Waals surface area contributed by atoms with Crippen molar-refractivity contribution in [2.24, 2.45) is 11.5 Å². The molecule has 0 unspecified atom stereocenters. The first kappa shape index (κ1) is 7.98. The Balaban J connectivity index is 2.42. The van der Waals surface area contributed by atoms with Crippen molar-refractivity contribution in [3.63, 3.8) is 0 Å². The molecule has 11 heavy (non-hydrogen) atoms. The predicted molar refractivity (Wildman–Crippen MR) is 44.3 cm³/mol. The largest absolute Gasteiger partial charge is 0.489 e. The van der Waals surface area contributed by atoms with E-state index in [0.29, 0.717) is 17.6 Å². The van der Waals surface area contributed by atoms with Crippen molar-refractivity contribution in [3.05, 3.63) is 23.7 Å². The zero-order chi connectivity index (χ0) is 8.27. The lowest BCUT2D eigenvalue weighted by Crippen LogP contribution is -1.99. The van der Waals surface area contributed by atoms with Crippen molar-refractivity contribution >= 4 is 0 Å². The van der Waals surface area contributed by atoms with Crippen molar-refractivity contribution in [3.8, 4) is 0 Å². The predicted octanol–water partition coefficient (Wildman–Crippen LogP) is 0.828. The third-order valence-corrected chi connectivity index (χ3v) is 1.36. The zero-order valence-electron chi connectivity index (χ0n) is 6.71. The van der Waals surface area contributed by atoms with Gasteiger partial charge in [-0.3, -0.25) is 0 Å². The van der Waals surface area contributed by atoms with Gasteiger partial charge in [-0.05, 0) is 19.8 Å². The van der Waals surface area contributed by atoms with E-state index in [-0.39, 0.29) is 0 Å². The summed E-state index contributed by atoms with van der Waals surface area (Å²) >= 11 is 0. The third kappa shape index (κ3) is 2.98. The molecule has 4 N–H and O–H groups in total. The van der Waals surface area contributed by atoms with Crippen molar-refractivity contribution in [2.45, 2.75) is 25.9 Å². The fraction of sp³-hybridized carbons (Fsp3) is 0.500. The molecule has 3 nitrogen and oxygen atoms in total. The Labute approximate surface area is 66.7 Å². The monoisotopic (exact) mass is 154 g/mol. The molecule has 0 atom stereocenters. The molecule has 0 aromatic rings. The van der Waals surface area contributed by atoms with Gasteiger partial charge in [0.15, 0.2) is 0 Å². The van der Waals surface area contributed by atoms with E-state index in [1.165, 1.54) is 6.20 Å². The quantitative estimate of drug-likeness (QED) is 0.467. The molecule has 0 aliphatic heterocycles. The van der Waals surface area contributed by atoms with Crippen LogP contribution in [-0.4, -0.2) is 6.10 Å². The maximum absolute atomic E-state index is 5.45. The molecule has 1 aliphatic rings. The highest BCUT2D eigenvalue weighted by Gasteiger charge is 2.23. The first-order chi connectivity index (χ1) is 5.22. The summed E-state index contributed by atoms with van der Waals surface area (Å²) in [5, 5.41) is 0. The van der Waals surface area contributed by atoms with Crippen LogP contribution in [0.15, 0.2) is 23.7 Å². The van der Waals surface area contributed by atoms with E-state index in [0.717, 1.165) is 12.8 Å². The highest BCUT2D eigenvalue weighted by molar-refractivity contribution is 5.15. The number of allylic oxidation sites excluding steroid dienone is 2. The standard InChI is InChI=1S/C8H14N2O/c1-6(10)4-8(5-9)11-7-2-3-7/h4-5,7H,2-3,9-10H2,1H3/b6-4-,8-5+. The minimum Gasteiger partial charge on any atom is -0.489 e. The second-order valence-electron chi connectivity index (χ2n) is 2.77. The molecule has 0 radical (unpaired) electrons. The lowest BCUT2D eigenvalue weighted by molar-refractivity contribution is 0.208. The molecule has 62 valence electrons. The minimum atomic E-state index is 0.375.